The molecule has 24 heteroatoms. The molecule has 0 unspecified atom stereocenters. The van der Waals surface area contributed by atoms with E-state index in [1.54, 1.807) is 95.0 Å². The van der Waals surface area contributed by atoms with Gasteiger partial charge in [-0.1, -0.05) is 0 Å². The van der Waals surface area contributed by atoms with Gasteiger partial charge >= 0.3 is 55.7 Å². The van der Waals surface area contributed by atoms with E-state index < -0.39 is 64.3 Å². The number of hydrogen-bond acceptors (Lipinski definition) is 20. The van der Waals surface area contributed by atoms with Crippen LogP contribution in [-0.2, 0) is 37.9 Å². The molecule has 0 aromatic carbocycles. The molecular formula is C48H96AlLiN4O18. The Labute approximate surface area is 453 Å². The largest absolute Gasteiger partial charge is 1.00 e. The summed E-state index contributed by atoms with van der Waals surface area (Å²) >= 11 is 0. The Morgan fingerprint density at radius 2 is 0.736 bits per heavy atom. The van der Waals surface area contributed by atoms with Crippen LogP contribution in [0.3, 0.4) is 0 Å². The van der Waals surface area contributed by atoms with E-state index in [2.05, 4.69) is 20.1 Å². The van der Waals surface area contributed by atoms with Crippen LogP contribution < -0.4 is 35.2 Å². The van der Waals surface area contributed by atoms with Gasteiger partial charge in [-0.05, 0) is 183 Å². The van der Waals surface area contributed by atoms with E-state index >= 15 is 0 Å². The molecule has 0 bridgehead atoms. The molecule has 4 aliphatic carbocycles. The molecule has 0 aliphatic heterocycles. The standard InChI is InChI=1S/C10H19NO3.2C10H18O5.C9H17NO3.C5H11NO.C4H9NO.Al.Li.4H/c1-10(2,3)14-9(13)11(4)7-5-8(12)6-7;2*1-9(2,3)14-7(11)13-8(12)15-10(4,5)6;1-9(2,3)13-8(12)10-6-4-7(11)5-6;1-6-4-2-5(7)3-4;5-3-1-4(6)2-3;;;;;;/h7-8,12H,5-6H2,1-4H3;2*1-6H3;6-7,11H,4-5H2,1-3H3,(H,10,12);4-7H,2-3H2,1H3;3-4,6H,1-2,5H2;;;;;;/q;;;;;;;+1;;;;-1. The fourth-order valence-electron chi connectivity index (χ4n) is 5.21. The third-order valence-electron chi connectivity index (χ3n) is 8.71. The van der Waals surface area contributed by atoms with Gasteiger partial charge in [-0.3, -0.25) is 0 Å². The fraction of sp³-hybridized carbons (Fsp3) is 0.875. The molecule has 4 aliphatic rings. The number of aliphatic hydroxyl groups is 4. The number of ether oxygens (including phenoxy) is 8. The number of alkyl carbamates (subject to hydrolysis) is 1. The second-order valence-electron chi connectivity index (χ2n) is 23.4. The number of rotatable bonds is 3. The molecule has 0 heterocycles. The average molecular weight is 1050 g/mol. The minimum atomic E-state index is -1.06. The Kier molecular flexibility index (Phi) is 34.6. The number of nitrogens with two attached hydrogens (primary N) is 1. The van der Waals surface area contributed by atoms with Crippen LogP contribution in [0, 0.1) is 0 Å². The summed E-state index contributed by atoms with van der Waals surface area (Å²) in [5.41, 5.74) is 1.62. The molecule has 0 atom stereocenters. The molecule has 8 N–H and O–H groups in total. The van der Waals surface area contributed by atoms with Gasteiger partial charge in [0, 0.05) is 31.2 Å². The molecule has 4 fully saturated rings. The molecule has 0 aromatic heterocycles. The number of nitrogens with one attached hydrogen (secondary N) is 2. The van der Waals surface area contributed by atoms with Gasteiger partial charge in [-0.2, -0.15) is 0 Å². The van der Waals surface area contributed by atoms with Crippen LogP contribution in [0.1, 0.15) is 177 Å². The maximum absolute atomic E-state index is 11.5. The van der Waals surface area contributed by atoms with Crippen LogP contribution in [0.15, 0.2) is 0 Å². The van der Waals surface area contributed by atoms with Crippen molar-refractivity contribution >= 4 is 54.2 Å². The van der Waals surface area contributed by atoms with Crippen molar-refractivity contribution in [2.24, 2.45) is 5.73 Å². The van der Waals surface area contributed by atoms with Crippen molar-refractivity contribution in [3.63, 3.8) is 0 Å². The first kappa shape index (κ1) is 75.4. The van der Waals surface area contributed by atoms with Gasteiger partial charge in [0.2, 0.25) is 0 Å². The van der Waals surface area contributed by atoms with E-state index in [0.29, 0.717) is 37.8 Å². The van der Waals surface area contributed by atoms with Crippen LogP contribution >= 0.6 is 0 Å². The van der Waals surface area contributed by atoms with E-state index in [1.165, 1.54) is 0 Å². The molecule has 22 nitrogen and oxygen atoms in total. The number of amides is 2. The van der Waals surface area contributed by atoms with E-state index in [-0.39, 0.29) is 80.2 Å². The van der Waals surface area contributed by atoms with Gasteiger partial charge in [-0.15, -0.1) is 0 Å². The molecule has 4 saturated carbocycles. The molecule has 0 aromatic rings. The Morgan fingerprint density at radius 3 is 0.931 bits per heavy atom. The third-order valence-corrected chi connectivity index (χ3v) is 8.71. The van der Waals surface area contributed by atoms with Crippen LogP contribution in [0.5, 0.6) is 0 Å². The zero-order chi connectivity index (χ0) is 55.4. The monoisotopic (exact) mass is 1050 g/mol. The predicted molar refractivity (Wildman–Crippen MR) is 271 cm³/mol. The average Bonchev–Trinajstić information content (AvgIpc) is 3.03. The second kappa shape index (κ2) is 33.1. The number of aliphatic hydroxyl groups excluding tert-OH is 4. The number of nitrogens with zero attached hydrogens (tertiary/aromatic N) is 1. The summed E-state index contributed by atoms with van der Waals surface area (Å²) in [7, 11) is 3.64. The summed E-state index contributed by atoms with van der Waals surface area (Å²) < 4.78 is 37.8. The normalized spacial score (nSPS) is 22.8. The fourth-order valence-corrected chi connectivity index (χ4v) is 5.21. The minimum absolute atomic E-state index is 0. The van der Waals surface area contributed by atoms with Gasteiger partial charge in [0.15, 0.2) is 17.4 Å². The van der Waals surface area contributed by atoms with Crippen molar-refractivity contribution in [1.29, 1.82) is 0 Å². The van der Waals surface area contributed by atoms with Crippen molar-refractivity contribution in [1.82, 2.24) is 15.5 Å². The van der Waals surface area contributed by atoms with Gasteiger partial charge in [-0.25, -0.2) is 28.8 Å². The molecule has 2 amide bonds. The van der Waals surface area contributed by atoms with Crippen LogP contribution in [0.2, 0.25) is 0 Å². The maximum Gasteiger partial charge on any atom is 1.00 e. The number of hydrogen-bond donors (Lipinski definition) is 7. The Morgan fingerprint density at radius 1 is 0.472 bits per heavy atom. The first-order valence-electron chi connectivity index (χ1n) is 23.6. The van der Waals surface area contributed by atoms with Crippen molar-refractivity contribution in [2.75, 3.05) is 14.1 Å². The second-order valence-corrected chi connectivity index (χ2v) is 23.4. The third kappa shape index (κ3) is 44.4. The number of carbonyl (C=O) groups excluding carboxylic acids is 6. The molecular weight excluding hydrogens is 954 g/mol. The predicted octanol–water partition coefficient (Wildman–Crippen LogP) is 3.29. The van der Waals surface area contributed by atoms with E-state index in [4.69, 9.17) is 54.6 Å². The summed E-state index contributed by atoms with van der Waals surface area (Å²) in [5.74, 6) is 0. The summed E-state index contributed by atoms with van der Waals surface area (Å²) in [5, 5.41) is 41.1. The van der Waals surface area contributed by atoms with E-state index in [0.717, 1.165) is 25.7 Å². The Hall–Kier alpha value is -3.09. The SMILES string of the molecule is CC(C)(C)OC(=O)NC1CC(O)C1.CC(C)(C)OC(=O)OC(=O)OC(C)(C)C.CC(C)(C)OC(=O)OC(=O)OC(C)(C)C.CN(C(=O)OC(C)(C)C)C1CC(O)C1.CNC1CC(O)C1.NC1CC(O)C1.[AlH3].[H-].[Li+]. The molecule has 420 valence electrons. The summed E-state index contributed by atoms with van der Waals surface area (Å²) in [6, 6.07) is 1.11. The van der Waals surface area contributed by atoms with Gasteiger partial charge in [0.05, 0.1) is 24.4 Å². The van der Waals surface area contributed by atoms with Gasteiger partial charge in [0.1, 0.15) is 33.6 Å². The molecule has 4 rings (SSSR count). The summed E-state index contributed by atoms with van der Waals surface area (Å²) in [6.45, 7) is 31.0. The molecule has 0 radical (unpaired) electrons. The molecule has 72 heavy (non-hydrogen) atoms. The van der Waals surface area contributed by atoms with E-state index in [9.17, 15) is 28.8 Å². The maximum atomic E-state index is 11.5. The van der Waals surface area contributed by atoms with E-state index in [1.807, 2.05) is 48.6 Å². The summed E-state index contributed by atoms with van der Waals surface area (Å²) in [4.78, 5) is 68.3. The van der Waals surface area contributed by atoms with Crippen LogP contribution in [0.25, 0.3) is 0 Å². The van der Waals surface area contributed by atoms with Crippen molar-refractivity contribution in [3.8, 4) is 0 Å². The molecule has 0 spiro atoms. The zero-order valence-electron chi connectivity index (χ0n) is 47.8. The quantitative estimate of drug-likeness (QED) is 0.0923. The summed E-state index contributed by atoms with van der Waals surface area (Å²) in [6.07, 6.45) is 0.555. The van der Waals surface area contributed by atoms with Gasteiger partial charge in [0.25, 0.3) is 0 Å². The van der Waals surface area contributed by atoms with Crippen LogP contribution in [0.4, 0.5) is 28.8 Å². The smallest absolute Gasteiger partial charge is 1.00 e. The topological polar surface area (TPSA) is 310 Å². The first-order valence-corrected chi connectivity index (χ1v) is 23.6. The molecule has 0 saturated heterocycles. The van der Waals surface area contributed by atoms with Gasteiger partial charge < -0.3 is 81.0 Å². The van der Waals surface area contributed by atoms with Crippen molar-refractivity contribution < 1.29 is 107 Å². The van der Waals surface area contributed by atoms with Crippen molar-refractivity contribution in [2.45, 2.75) is 258 Å². The Balaban J connectivity index is -0.000000257. The zero-order valence-corrected chi connectivity index (χ0v) is 46.8. The first-order chi connectivity index (χ1) is 31.3. The van der Waals surface area contributed by atoms with Crippen molar-refractivity contribution in [3.05, 3.63) is 0 Å². The van der Waals surface area contributed by atoms with Crippen LogP contribution in [-0.4, -0.2) is 176 Å². The number of carbonyl (C=O) groups is 6. The Bertz CT molecular complexity index is 1490. The minimum Gasteiger partial charge on any atom is -1.00 e.